The topological polar surface area (TPSA) is 44.8 Å². The molecule has 0 radical (unpaired) electrons. The van der Waals surface area contributed by atoms with E-state index in [1.54, 1.807) is 0 Å². The van der Waals surface area contributed by atoms with Gasteiger partial charge in [0.05, 0.1) is 6.61 Å². The van der Waals surface area contributed by atoms with Crippen LogP contribution in [0.3, 0.4) is 0 Å². The molecule has 0 saturated carbocycles. The SMILES string of the molecule is CCOC(=O)c1cc(OC(F)(F)F)ccc1OC(F)F. The van der Waals surface area contributed by atoms with E-state index in [9.17, 15) is 26.7 Å². The van der Waals surface area contributed by atoms with Crippen LogP contribution >= 0.6 is 0 Å². The van der Waals surface area contributed by atoms with Crippen molar-refractivity contribution in [3.05, 3.63) is 23.8 Å². The average molecular weight is 300 g/mol. The third-order valence-electron chi connectivity index (χ3n) is 1.90. The summed E-state index contributed by atoms with van der Waals surface area (Å²) < 4.78 is 72.5. The van der Waals surface area contributed by atoms with Crippen LogP contribution < -0.4 is 9.47 Å². The molecule has 0 fully saturated rings. The van der Waals surface area contributed by atoms with Crippen LogP contribution in [0.4, 0.5) is 22.0 Å². The van der Waals surface area contributed by atoms with Crippen molar-refractivity contribution in [3.63, 3.8) is 0 Å². The van der Waals surface area contributed by atoms with Crippen LogP contribution in [0.15, 0.2) is 18.2 Å². The molecule has 0 spiro atoms. The molecule has 1 aromatic carbocycles. The van der Waals surface area contributed by atoms with Crippen molar-refractivity contribution in [2.24, 2.45) is 0 Å². The summed E-state index contributed by atoms with van der Waals surface area (Å²) in [5.74, 6) is -2.45. The zero-order valence-electron chi connectivity index (χ0n) is 10.0. The summed E-state index contributed by atoms with van der Waals surface area (Å²) in [6.45, 7) is -1.88. The van der Waals surface area contributed by atoms with Crippen molar-refractivity contribution in [2.45, 2.75) is 19.9 Å². The first kappa shape index (κ1) is 16.0. The Morgan fingerprint density at radius 1 is 1.30 bits per heavy atom. The van der Waals surface area contributed by atoms with Gasteiger partial charge in [-0.05, 0) is 25.1 Å². The summed E-state index contributed by atoms with van der Waals surface area (Å²) in [4.78, 5) is 11.5. The lowest BCUT2D eigenvalue weighted by molar-refractivity contribution is -0.274. The summed E-state index contributed by atoms with van der Waals surface area (Å²) in [5.41, 5.74) is -0.589. The molecule has 0 unspecified atom stereocenters. The molecule has 1 aromatic rings. The number of benzene rings is 1. The van der Waals surface area contributed by atoms with Gasteiger partial charge in [0.1, 0.15) is 17.1 Å². The fraction of sp³-hybridized carbons (Fsp3) is 0.364. The number of rotatable bonds is 5. The van der Waals surface area contributed by atoms with Crippen molar-refractivity contribution in [3.8, 4) is 11.5 Å². The largest absolute Gasteiger partial charge is 0.573 e. The predicted molar refractivity (Wildman–Crippen MR) is 55.7 cm³/mol. The fourth-order valence-corrected chi connectivity index (χ4v) is 1.27. The zero-order chi connectivity index (χ0) is 15.3. The van der Waals surface area contributed by atoms with E-state index >= 15 is 0 Å². The van der Waals surface area contributed by atoms with Crippen LogP contribution in [0.5, 0.6) is 11.5 Å². The molecule has 0 aromatic heterocycles. The van der Waals surface area contributed by atoms with Gasteiger partial charge >= 0.3 is 18.9 Å². The molecule has 0 saturated heterocycles. The lowest BCUT2D eigenvalue weighted by Gasteiger charge is -2.13. The Kier molecular flexibility index (Phi) is 5.12. The number of carbonyl (C=O) groups excluding carboxylic acids is 1. The lowest BCUT2D eigenvalue weighted by atomic mass is 10.2. The van der Waals surface area contributed by atoms with Crippen molar-refractivity contribution in [2.75, 3.05) is 6.61 Å². The molecule has 0 aliphatic rings. The highest BCUT2D eigenvalue weighted by molar-refractivity contribution is 5.93. The second kappa shape index (κ2) is 6.40. The molecule has 0 aliphatic heterocycles. The van der Waals surface area contributed by atoms with E-state index in [0.717, 1.165) is 12.1 Å². The van der Waals surface area contributed by atoms with Gasteiger partial charge < -0.3 is 14.2 Å². The Hall–Kier alpha value is -2.06. The van der Waals surface area contributed by atoms with E-state index in [-0.39, 0.29) is 6.61 Å². The van der Waals surface area contributed by atoms with Gasteiger partial charge in [-0.15, -0.1) is 13.2 Å². The maximum atomic E-state index is 12.1. The minimum absolute atomic E-state index is 0.0860. The van der Waals surface area contributed by atoms with Gasteiger partial charge in [0, 0.05) is 0 Å². The smallest absolute Gasteiger partial charge is 0.462 e. The first-order chi connectivity index (χ1) is 9.23. The fourth-order valence-electron chi connectivity index (χ4n) is 1.27. The number of hydrogen-bond donors (Lipinski definition) is 0. The first-order valence-electron chi connectivity index (χ1n) is 5.24. The molecule has 0 bridgehead atoms. The Bertz CT molecular complexity index is 472. The Balaban J connectivity index is 3.11. The summed E-state index contributed by atoms with van der Waals surface area (Å²) in [6.07, 6.45) is -4.98. The highest BCUT2D eigenvalue weighted by atomic mass is 19.4. The van der Waals surface area contributed by atoms with Crippen molar-refractivity contribution < 1.29 is 41.0 Å². The quantitative estimate of drug-likeness (QED) is 0.618. The van der Waals surface area contributed by atoms with Crippen LogP contribution in [0, 0.1) is 0 Å². The van der Waals surface area contributed by atoms with Gasteiger partial charge in [-0.1, -0.05) is 0 Å². The number of esters is 1. The molecule has 4 nitrogen and oxygen atoms in total. The van der Waals surface area contributed by atoms with Crippen molar-refractivity contribution in [1.29, 1.82) is 0 Å². The van der Waals surface area contributed by atoms with Gasteiger partial charge in [-0.25, -0.2) is 4.79 Å². The van der Waals surface area contributed by atoms with Crippen LogP contribution in [0.25, 0.3) is 0 Å². The van der Waals surface area contributed by atoms with Gasteiger partial charge in [0.2, 0.25) is 0 Å². The normalized spacial score (nSPS) is 11.3. The highest BCUT2D eigenvalue weighted by Gasteiger charge is 2.32. The molecule has 0 atom stereocenters. The molecule has 20 heavy (non-hydrogen) atoms. The van der Waals surface area contributed by atoms with E-state index in [1.165, 1.54) is 6.92 Å². The van der Waals surface area contributed by atoms with Crippen LogP contribution in [-0.2, 0) is 4.74 Å². The lowest BCUT2D eigenvalue weighted by Crippen LogP contribution is -2.18. The van der Waals surface area contributed by atoms with E-state index in [0.29, 0.717) is 6.07 Å². The van der Waals surface area contributed by atoms with Gasteiger partial charge in [-0.2, -0.15) is 8.78 Å². The molecular formula is C11H9F5O4. The minimum Gasteiger partial charge on any atom is -0.462 e. The Morgan fingerprint density at radius 3 is 2.45 bits per heavy atom. The summed E-state index contributed by atoms with van der Waals surface area (Å²) in [7, 11) is 0. The number of alkyl halides is 5. The Morgan fingerprint density at radius 2 is 1.95 bits per heavy atom. The summed E-state index contributed by atoms with van der Waals surface area (Å²) >= 11 is 0. The highest BCUT2D eigenvalue weighted by Crippen LogP contribution is 2.29. The number of ether oxygens (including phenoxy) is 3. The minimum atomic E-state index is -4.98. The molecule has 0 heterocycles. The molecule has 0 aliphatic carbocycles. The van der Waals surface area contributed by atoms with E-state index in [1.807, 2.05) is 0 Å². The maximum absolute atomic E-state index is 12.1. The number of halogens is 5. The molecule has 0 N–H and O–H groups in total. The summed E-state index contributed by atoms with van der Waals surface area (Å²) in [6, 6.07) is 2.12. The van der Waals surface area contributed by atoms with Crippen LogP contribution in [0.1, 0.15) is 17.3 Å². The van der Waals surface area contributed by atoms with E-state index in [4.69, 9.17) is 0 Å². The number of carbonyl (C=O) groups is 1. The standard InChI is InChI=1S/C11H9F5O4/c1-2-18-9(17)7-5-6(20-11(14,15)16)3-4-8(7)19-10(12)13/h3-5,10H,2H2,1H3. The second-order valence-corrected chi connectivity index (χ2v) is 3.30. The van der Waals surface area contributed by atoms with Gasteiger partial charge in [-0.3, -0.25) is 0 Å². The van der Waals surface area contributed by atoms with Gasteiger partial charge in [0.25, 0.3) is 0 Å². The zero-order valence-corrected chi connectivity index (χ0v) is 10.0. The van der Waals surface area contributed by atoms with Gasteiger partial charge in [0.15, 0.2) is 0 Å². The number of hydrogen-bond acceptors (Lipinski definition) is 4. The van der Waals surface area contributed by atoms with Crippen LogP contribution in [0.2, 0.25) is 0 Å². The monoisotopic (exact) mass is 300 g/mol. The molecule has 9 heteroatoms. The van der Waals surface area contributed by atoms with E-state index in [2.05, 4.69) is 14.2 Å². The predicted octanol–water partition coefficient (Wildman–Crippen LogP) is 3.36. The van der Waals surface area contributed by atoms with E-state index < -0.39 is 36.0 Å². The third-order valence-corrected chi connectivity index (χ3v) is 1.90. The molecule has 112 valence electrons. The molecule has 1 rings (SSSR count). The molecular weight excluding hydrogens is 291 g/mol. The average Bonchev–Trinajstić information content (AvgIpc) is 2.28. The Labute approximate surface area is 110 Å². The second-order valence-electron chi connectivity index (χ2n) is 3.30. The molecule has 0 amide bonds. The van der Waals surface area contributed by atoms with Crippen molar-refractivity contribution >= 4 is 5.97 Å². The maximum Gasteiger partial charge on any atom is 0.573 e. The van der Waals surface area contributed by atoms with Crippen molar-refractivity contribution in [1.82, 2.24) is 0 Å². The van der Waals surface area contributed by atoms with Crippen LogP contribution in [-0.4, -0.2) is 25.6 Å². The summed E-state index contributed by atoms with van der Waals surface area (Å²) in [5, 5.41) is 0. The third kappa shape index (κ3) is 4.90. The first-order valence-corrected chi connectivity index (χ1v) is 5.24.